The fraction of sp³-hybridized carbons (Fsp3) is 0.857. The quantitative estimate of drug-likeness (QED) is 0.468. The van der Waals surface area contributed by atoms with E-state index in [4.69, 9.17) is 5.11 Å². The van der Waals surface area contributed by atoms with Gasteiger partial charge in [0.25, 0.3) is 0 Å². The minimum absolute atomic E-state index is 0. The van der Waals surface area contributed by atoms with Crippen LogP contribution in [0.1, 0.15) is 20.7 Å². The van der Waals surface area contributed by atoms with Crippen LogP contribution in [0.15, 0.2) is 0 Å². The van der Waals surface area contributed by atoms with Gasteiger partial charge in [0.1, 0.15) is 0 Å². The van der Waals surface area contributed by atoms with Gasteiger partial charge in [-0.3, -0.25) is 4.79 Å². The van der Waals surface area contributed by atoms with E-state index in [2.05, 4.69) is 5.32 Å². The summed E-state index contributed by atoms with van der Waals surface area (Å²) in [5, 5.41) is 11.6. The number of rotatable bonds is 2. The first-order valence-corrected chi connectivity index (χ1v) is 3.71. The van der Waals surface area contributed by atoms with Crippen molar-refractivity contribution < 1.29 is 62.7 Å². The summed E-state index contributed by atoms with van der Waals surface area (Å²) in [6.45, 7) is 1.93. The van der Waals surface area contributed by atoms with Crippen LogP contribution in [0.5, 0.6) is 0 Å². The van der Waals surface area contributed by atoms with E-state index in [1.807, 2.05) is 0 Å². The zero-order valence-electron chi connectivity index (χ0n) is 7.97. The Bertz CT molecular complexity index is 129. The van der Waals surface area contributed by atoms with Gasteiger partial charge >= 0.3 is 57.4 Å². The molecule has 60 valence electrons. The van der Waals surface area contributed by atoms with Crippen molar-refractivity contribution in [3.05, 3.63) is 0 Å². The van der Waals surface area contributed by atoms with E-state index in [-0.39, 0.29) is 52.8 Å². The van der Waals surface area contributed by atoms with Crippen molar-refractivity contribution in [2.24, 2.45) is 5.92 Å². The van der Waals surface area contributed by atoms with Crippen molar-refractivity contribution in [2.45, 2.75) is 19.3 Å². The Kier molecular flexibility index (Phi) is 7.20. The predicted molar refractivity (Wildman–Crippen MR) is 39.0 cm³/mol. The van der Waals surface area contributed by atoms with E-state index in [1.54, 1.807) is 0 Å². The number of carbonyl (C=O) groups is 1. The molecule has 0 bridgehead atoms. The Labute approximate surface area is 111 Å². The van der Waals surface area contributed by atoms with E-state index in [1.165, 1.54) is 0 Å². The summed E-state index contributed by atoms with van der Waals surface area (Å²) in [7, 11) is 0. The Morgan fingerprint density at radius 3 is 2.91 bits per heavy atom. The third-order valence-electron chi connectivity index (χ3n) is 1.86. The summed E-state index contributed by atoms with van der Waals surface area (Å²) in [6, 6.07) is 0. The van der Waals surface area contributed by atoms with Crippen LogP contribution in [-0.4, -0.2) is 24.2 Å². The van der Waals surface area contributed by atoms with Crippen molar-refractivity contribution >= 4 is 5.97 Å². The third kappa shape index (κ3) is 5.33. The second-order valence-corrected chi connectivity index (χ2v) is 2.81. The monoisotopic (exact) mass is 183 g/mol. The number of piperidine rings is 1. The number of aliphatic carboxylic acids is 1. The molecule has 0 aromatic carbocycles. The number of hydrogen-bond acceptors (Lipinski definition) is 2. The van der Waals surface area contributed by atoms with Crippen LogP contribution in [-0.2, 0) is 4.79 Å². The Balaban J connectivity index is 0. The fourth-order valence-corrected chi connectivity index (χ4v) is 1.35. The molecule has 1 rings (SSSR count). The van der Waals surface area contributed by atoms with Gasteiger partial charge in [0.05, 0.1) is 0 Å². The Morgan fingerprint density at radius 2 is 2.45 bits per heavy atom. The molecule has 0 spiro atoms. The second-order valence-electron chi connectivity index (χ2n) is 2.81. The number of carboxylic acid groups (broad SMARTS) is 1. The molecule has 0 radical (unpaired) electrons. The molecule has 3 nitrogen and oxygen atoms in total. The van der Waals surface area contributed by atoms with Crippen molar-refractivity contribution in [1.29, 1.82) is 0 Å². The van der Waals surface area contributed by atoms with Crippen LogP contribution >= 0.6 is 0 Å². The fourth-order valence-electron chi connectivity index (χ4n) is 1.35. The molecule has 1 heterocycles. The SMILES string of the molecule is O=C(O)CC1CCCNC1.[H-].[K+]. The smallest absolute Gasteiger partial charge is 1.00 e. The molecule has 11 heavy (non-hydrogen) atoms. The van der Waals surface area contributed by atoms with Gasteiger partial charge < -0.3 is 11.8 Å². The molecule has 0 aliphatic carbocycles. The summed E-state index contributed by atoms with van der Waals surface area (Å²) in [6.07, 6.45) is 2.52. The topological polar surface area (TPSA) is 49.3 Å². The molecular weight excluding hydrogens is 169 g/mol. The molecule has 4 heteroatoms. The first-order chi connectivity index (χ1) is 4.79. The molecule has 0 saturated carbocycles. The number of nitrogens with one attached hydrogen (secondary N) is 1. The van der Waals surface area contributed by atoms with Gasteiger partial charge in [-0.25, -0.2) is 0 Å². The normalized spacial score (nSPS) is 23.8. The molecule has 1 fully saturated rings. The van der Waals surface area contributed by atoms with Crippen LogP contribution in [0.2, 0.25) is 0 Å². The number of carboxylic acids is 1. The summed E-state index contributed by atoms with van der Waals surface area (Å²) < 4.78 is 0. The number of hydrogen-bond donors (Lipinski definition) is 2. The molecule has 1 unspecified atom stereocenters. The summed E-state index contributed by atoms with van der Waals surface area (Å²) in [5.74, 6) is -0.306. The van der Waals surface area contributed by atoms with Gasteiger partial charge in [-0.05, 0) is 31.8 Å². The van der Waals surface area contributed by atoms with Gasteiger partial charge in [-0.1, -0.05) is 0 Å². The van der Waals surface area contributed by atoms with Crippen molar-refractivity contribution in [1.82, 2.24) is 5.32 Å². The summed E-state index contributed by atoms with van der Waals surface area (Å²) >= 11 is 0. The molecule has 0 amide bonds. The molecule has 1 aliphatic rings. The molecule has 1 atom stereocenters. The molecule has 0 aromatic heterocycles. The minimum atomic E-state index is -0.672. The van der Waals surface area contributed by atoms with Gasteiger partial charge in [-0.2, -0.15) is 0 Å². The van der Waals surface area contributed by atoms with Crippen molar-refractivity contribution in [2.75, 3.05) is 13.1 Å². The van der Waals surface area contributed by atoms with Crippen molar-refractivity contribution in [3.63, 3.8) is 0 Å². The maximum atomic E-state index is 10.2. The van der Waals surface area contributed by atoms with E-state index in [0.29, 0.717) is 12.3 Å². The van der Waals surface area contributed by atoms with Crippen LogP contribution in [0.4, 0.5) is 0 Å². The predicted octanol–water partition coefficient (Wildman–Crippen LogP) is -2.42. The third-order valence-corrected chi connectivity index (χ3v) is 1.86. The van der Waals surface area contributed by atoms with Crippen LogP contribution in [0.3, 0.4) is 0 Å². The van der Waals surface area contributed by atoms with Gasteiger partial charge in [0.15, 0.2) is 0 Å². The molecular formula is C7H14KNO2. The summed E-state index contributed by atoms with van der Waals surface area (Å²) in [5.41, 5.74) is 0. The van der Waals surface area contributed by atoms with Gasteiger partial charge in [0, 0.05) is 6.42 Å². The van der Waals surface area contributed by atoms with Gasteiger partial charge in [0.2, 0.25) is 0 Å². The van der Waals surface area contributed by atoms with Crippen LogP contribution < -0.4 is 56.7 Å². The second kappa shape index (κ2) is 6.57. The van der Waals surface area contributed by atoms with E-state index < -0.39 is 5.97 Å². The van der Waals surface area contributed by atoms with E-state index >= 15 is 0 Å². The molecule has 1 aliphatic heterocycles. The maximum Gasteiger partial charge on any atom is 1.00 e. The van der Waals surface area contributed by atoms with Crippen LogP contribution in [0, 0.1) is 5.92 Å². The molecule has 0 aromatic rings. The average Bonchev–Trinajstić information content (AvgIpc) is 1.88. The first-order valence-electron chi connectivity index (χ1n) is 3.71. The molecule has 1 saturated heterocycles. The largest absolute Gasteiger partial charge is 1.00 e. The Morgan fingerprint density at radius 1 is 1.73 bits per heavy atom. The Hall–Kier alpha value is 1.07. The van der Waals surface area contributed by atoms with Crippen LogP contribution in [0.25, 0.3) is 0 Å². The zero-order chi connectivity index (χ0) is 7.40. The van der Waals surface area contributed by atoms with Crippen molar-refractivity contribution in [3.8, 4) is 0 Å². The van der Waals surface area contributed by atoms with E-state index in [9.17, 15) is 4.79 Å². The minimum Gasteiger partial charge on any atom is -1.00 e. The van der Waals surface area contributed by atoms with E-state index in [0.717, 1.165) is 25.9 Å². The first kappa shape index (κ1) is 12.1. The zero-order valence-corrected chi connectivity index (χ0v) is 10.1. The summed E-state index contributed by atoms with van der Waals surface area (Å²) in [4.78, 5) is 10.2. The standard InChI is InChI=1S/C7H13NO2.K.H/c9-7(10)4-6-2-1-3-8-5-6;;/h6,8H,1-5H2,(H,9,10);;/q;+1;-1. The average molecular weight is 183 g/mol. The molecule has 2 N–H and O–H groups in total. The maximum absolute atomic E-state index is 10.2. The van der Waals surface area contributed by atoms with Gasteiger partial charge in [-0.15, -0.1) is 0 Å².